The maximum absolute atomic E-state index is 13.1. The first kappa shape index (κ1) is 19.1. The first-order valence-electron chi connectivity index (χ1n) is 9.81. The van der Waals surface area contributed by atoms with Crippen LogP contribution in [0.5, 0.6) is 0 Å². The number of anilines is 1. The molecule has 4 rings (SSSR count). The molecule has 7 heteroatoms. The average molecular weight is 385 g/mol. The minimum absolute atomic E-state index is 0.141. The minimum Gasteiger partial charge on any atom is -0.379 e. The SMILES string of the molecule is CC(C)(CN1CCOCC1)NC(=O)[C@@H]1[C@@H]2C(=O)Nc3ccccc3C(=O)[C@]12C. The summed E-state index contributed by atoms with van der Waals surface area (Å²) in [6, 6.07) is 6.99. The molecular formula is C21H27N3O4. The van der Waals surface area contributed by atoms with Crippen molar-refractivity contribution in [2.24, 2.45) is 17.3 Å². The molecule has 1 saturated heterocycles. The number of ether oxygens (including phenoxy) is 1. The van der Waals surface area contributed by atoms with Gasteiger partial charge < -0.3 is 15.4 Å². The number of carbonyl (C=O) groups excluding carboxylic acids is 3. The van der Waals surface area contributed by atoms with Crippen molar-refractivity contribution in [3.8, 4) is 0 Å². The molecule has 7 nitrogen and oxygen atoms in total. The Morgan fingerprint density at radius 1 is 1.29 bits per heavy atom. The van der Waals surface area contributed by atoms with E-state index in [2.05, 4.69) is 15.5 Å². The molecule has 2 fully saturated rings. The van der Waals surface area contributed by atoms with E-state index in [9.17, 15) is 14.4 Å². The average Bonchev–Trinajstić information content (AvgIpc) is 3.30. The van der Waals surface area contributed by atoms with Gasteiger partial charge >= 0.3 is 0 Å². The zero-order valence-corrected chi connectivity index (χ0v) is 16.6. The molecule has 0 radical (unpaired) electrons. The van der Waals surface area contributed by atoms with Gasteiger partial charge in [0.1, 0.15) is 0 Å². The number of Topliss-reactive ketones (excluding diaryl/α,β-unsaturated/α-hetero) is 1. The summed E-state index contributed by atoms with van der Waals surface area (Å²) in [5.41, 5.74) is -0.457. The molecule has 1 aromatic carbocycles. The van der Waals surface area contributed by atoms with Crippen molar-refractivity contribution in [2.75, 3.05) is 38.2 Å². The fourth-order valence-electron chi connectivity index (χ4n) is 4.70. The summed E-state index contributed by atoms with van der Waals surface area (Å²) in [5, 5.41) is 5.90. The monoisotopic (exact) mass is 385 g/mol. The third kappa shape index (κ3) is 3.12. The number of para-hydroxylation sites is 1. The van der Waals surface area contributed by atoms with Gasteiger partial charge in [0.15, 0.2) is 5.78 Å². The normalized spacial score (nSPS) is 30.0. The highest BCUT2D eigenvalue weighted by Crippen LogP contribution is 2.62. The smallest absolute Gasteiger partial charge is 0.229 e. The number of nitrogens with one attached hydrogen (secondary N) is 2. The molecule has 1 aliphatic carbocycles. The first-order valence-corrected chi connectivity index (χ1v) is 9.81. The maximum atomic E-state index is 13.1. The molecule has 2 heterocycles. The third-order valence-electron chi connectivity index (χ3n) is 6.18. The number of ketones is 1. The largest absolute Gasteiger partial charge is 0.379 e. The highest BCUT2D eigenvalue weighted by molar-refractivity contribution is 6.19. The summed E-state index contributed by atoms with van der Waals surface area (Å²) in [6.07, 6.45) is 0. The van der Waals surface area contributed by atoms with Crippen LogP contribution in [-0.4, -0.2) is 60.9 Å². The molecule has 150 valence electrons. The second-order valence-electron chi connectivity index (χ2n) is 8.86. The Bertz CT molecular complexity index is 831. The second kappa shape index (κ2) is 6.67. The number of hydrogen-bond acceptors (Lipinski definition) is 5. The zero-order chi connectivity index (χ0) is 20.1. The van der Waals surface area contributed by atoms with E-state index in [1.165, 1.54) is 0 Å². The van der Waals surface area contributed by atoms with Gasteiger partial charge in [0.2, 0.25) is 11.8 Å². The summed E-state index contributed by atoms with van der Waals surface area (Å²) >= 11 is 0. The number of benzene rings is 1. The Hall–Kier alpha value is -2.25. The quantitative estimate of drug-likeness (QED) is 0.816. The van der Waals surface area contributed by atoms with Crippen LogP contribution in [0.25, 0.3) is 0 Å². The van der Waals surface area contributed by atoms with Gasteiger partial charge in [0.05, 0.1) is 36.2 Å². The van der Waals surface area contributed by atoms with Crippen LogP contribution in [0.2, 0.25) is 0 Å². The minimum atomic E-state index is -0.990. The number of rotatable bonds is 4. The molecule has 28 heavy (non-hydrogen) atoms. The van der Waals surface area contributed by atoms with E-state index in [1.807, 2.05) is 13.8 Å². The molecular weight excluding hydrogens is 358 g/mol. The molecule has 2 N–H and O–H groups in total. The second-order valence-corrected chi connectivity index (χ2v) is 8.86. The predicted octanol–water partition coefficient (Wildman–Crippen LogP) is 1.30. The van der Waals surface area contributed by atoms with Crippen molar-refractivity contribution in [1.29, 1.82) is 0 Å². The Morgan fingerprint density at radius 3 is 2.68 bits per heavy atom. The van der Waals surface area contributed by atoms with E-state index in [0.717, 1.165) is 13.1 Å². The van der Waals surface area contributed by atoms with Crippen molar-refractivity contribution in [3.05, 3.63) is 29.8 Å². The van der Waals surface area contributed by atoms with Crippen LogP contribution in [-0.2, 0) is 14.3 Å². The number of nitrogens with zero attached hydrogens (tertiary/aromatic N) is 1. The predicted molar refractivity (Wildman–Crippen MR) is 104 cm³/mol. The zero-order valence-electron chi connectivity index (χ0n) is 16.6. The van der Waals surface area contributed by atoms with E-state index in [-0.39, 0.29) is 17.6 Å². The standard InChI is InChI=1S/C21H27N3O4/c1-20(2,12-24-8-10-28-11-9-24)23-19(27)16-15-18(26)22-14-7-5-4-6-13(14)17(25)21(15,16)3/h4-7,15-16H,8-12H2,1-3H3,(H,22,26)(H,23,27)/t15-,16+,21+/m1/s1. The number of morpholine rings is 1. The van der Waals surface area contributed by atoms with Gasteiger partial charge in [0.25, 0.3) is 0 Å². The van der Waals surface area contributed by atoms with Crippen LogP contribution < -0.4 is 10.6 Å². The van der Waals surface area contributed by atoms with Crippen LogP contribution in [0.3, 0.4) is 0 Å². The fraction of sp³-hybridized carbons (Fsp3) is 0.571. The highest BCUT2D eigenvalue weighted by atomic mass is 16.5. The molecule has 0 spiro atoms. The molecule has 2 amide bonds. The van der Waals surface area contributed by atoms with Gasteiger partial charge in [-0.25, -0.2) is 0 Å². The van der Waals surface area contributed by atoms with Crippen LogP contribution in [0, 0.1) is 17.3 Å². The molecule has 0 bridgehead atoms. The topological polar surface area (TPSA) is 87.7 Å². The lowest BCUT2D eigenvalue weighted by molar-refractivity contribution is -0.127. The highest BCUT2D eigenvalue weighted by Gasteiger charge is 2.73. The Labute approximate surface area is 164 Å². The summed E-state index contributed by atoms with van der Waals surface area (Å²) in [4.78, 5) is 41.2. The Morgan fingerprint density at radius 2 is 1.96 bits per heavy atom. The van der Waals surface area contributed by atoms with E-state index in [1.54, 1.807) is 31.2 Å². The van der Waals surface area contributed by atoms with Crippen molar-refractivity contribution >= 4 is 23.3 Å². The maximum Gasteiger partial charge on any atom is 0.229 e. The molecule has 3 atom stereocenters. The lowest BCUT2D eigenvalue weighted by atomic mass is 9.92. The Kier molecular flexibility index (Phi) is 4.55. The lowest BCUT2D eigenvalue weighted by Crippen LogP contribution is -2.54. The van der Waals surface area contributed by atoms with Crippen molar-refractivity contribution in [1.82, 2.24) is 10.2 Å². The van der Waals surface area contributed by atoms with Crippen molar-refractivity contribution < 1.29 is 19.1 Å². The van der Waals surface area contributed by atoms with E-state index in [4.69, 9.17) is 4.74 Å². The lowest BCUT2D eigenvalue weighted by Gasteiger charge is -2.35. The van der Waals surface area contributed by atoms with Crippen LogP contribution >= 0.6 is 0 Å². The molecule has 3 aliphatic rings. The number of amides is 2. The van der Waals surface area contributed by atoms with Gasteiger partial charge in [-0.05, 0) is 26.0 Å². The van der Waals surface area contributed by atoms with Gasteiger partial charge in [-0.3, -0.25) is 19.3 Å². The molecule has 0 aromatic heterocycles. The van der Waals surface area contributed by atoms with Crippen LogP contribution in [0.4, 0.5) is 5.69 Å². The first-order chi connectivity index (χ1) is 13.2. The van der Waals surface area contributed by atoms with E-state index < -0.39 is 22.8 Å². The fourth-order valence-corrected chi connectivity index (χ4v) is 4.70. The van der Waals surface area contributed by atoms with Gasteiger partial charge in [-0.15, -0.1) is 0 Å². The third-order valence-corrected chi connectivity index (χ3v) is 6.18. The van der Waals surface area contributed by atoms with Crippen LogP contribution in [0.1, 0.15) is 31.1 Å². The molecule has 2 aliphatic heterocycles. The molecule has 1 saturated carbocycles. The van der Waals surface area contributed by atoms with Crippen molar-refractivity contribution in [3.63, 3.8) is 0 Å². The number of carbonyl (C=O) groups is 3. The number of hydrogen-bond donors (Lipinski definition) is 2. The molecule has 1 aromatic rings. The summed E-state index contributed by atoms with van der Waals surface area (Å²) < 4.78 is 5.37. The van der Waals surface area contributed by atoms with E-state index in [0.29, 0.717) is 31.0 Å². The van der Waals surface area contributed by atoms with Gasteiger partial charge in [-0.2, -0.15) is 0 Å². The summed E-state index contributed by atoms with van der Waals surface area (Å²) in [5.74, 6) is -1.90. The van der Waals surface area contributed by atoms with Crippen molar-refractivity contribution in [2.45, 2.75) is 26.3 Å². The Balaban J connectivity index is 1.50. The van der Waals surface area contributed by atoms with Gasteiger partial charge in [0, 0.05) is 30.7 Å². The van der Waals surface area contributed by atoms with E-state index >= 15 is 0 Å². The van der Waals surface area contributed by atoms with Crippen LogP contribution in [0.15, 0.2) is 24.3 Å². The number of fused-ring (bicyclic) bond motifs is 2. The summed E-state index contributed by atoms with van der Waals surface area (Å²) in [6.45, 7) is 9.43. The summed E-state index contributed by atoms with van der Waals surface area (Å²) in [7, 11) is 0. The molecule has 0 unspecified atom stereocenters. The van der Waals surface area contributed by atoms with Gasteiger partial charge in [-0.1, -0.05) is 19.1 Å².